The van der Waals surface area contributed by atoms with Gasteiger partial charge in [0.25, 0.3) is 0 Å². The lowest BCUT2D eigenvalue weighted by atomic mass is 10.0. The van der Waals surface area contributed by atoms with Crippen molar-refractivity contribution in [2.24, 2.45) is 0 Å². The van der Waals surface area contributed by atoms with Crippen LogP contribution in [0, 0.1) is 0 Å². The molecule has 1 unspecified atom stereocenters. The SMILES string of the molecule is CC1COc2cc(CO)ccc21. The molecule has 12 heavy (non-hydrogen) atoms. The maximum absolute atomic E-state index is 8.88. The quantitative estimate of drug-likeness (QED) is 0.684. The van der Waals surface area contributed by atoms with Crippen molar-refractivity contribution < 1.29 is 9.84 Å². The predicted octanol–water partition coefficient (Wildman–Crippen LogP) is 1.67. The third-order valence-electron chi connectivity index (χ3n) is 2.28. The molecule has 1 aliphatic heterocycles. The topological polar surface area (TPSA) is 29.5 Å². The Morgan fingerprint density at radius 1 is 1.58 bits per heavy atom. The van der Waals surface area contributed by atoms with E-state index in [2.05, 4.69) is 6.92 Å². The molecule has 0 bridgehead atoms. The largest absolute Gasteiger partial charge is 0.493 e. The number of rotatable bonds is 1. The van der Waals surface area contributed by atoms with Crippen LogP contribution in [0.25, 0.3) is 0 Å². The summed E-state index contributed by atoms with van der Waals surface area (Å²) in [6.45, 7) is 3.00. The first-order chi connectivity index (χ1) is 5.81. The summed E-state index contributed by atoms with van der Waals surface area (Å²) in [5.41, 5.74) is 2.18. The summed E-state index contributed by atoms with van der Waals surface area (Å²) in [7, 11) is 0. The summed E-state index contributed by atoms with van der Waals surface area (Å²) < 4.78 is 5.44. The summed E-state index contributed by atoms with van der Waals surface area (Å²) >= 11 is 0. The van der Waals surface area contributed by atoms with Gasteiger partial charge in [0, 0.05) is 11.5 Å². The second-order valence-corrected chi connectivity index (χ2v) is 3.24. The molecule has 64 valence electrons. The molecule has 2 rings (SSSR count). The molecule has 0 fully saturated rings. The minimum absolute atomic E-state index is 0.0883. The van der Waals surface area contributed by atoms with Crippen LogP contribution in [0.1, 0.15) is 24.0 Å². The van der Waals surface area contributed by atoms with E-state index >= 15 is 0 Å². The first-order valence-corrected chi connectivity index (χ1v) is 4.17. The van der Waals surface area contributed by atoms with Crippen molar-refractivity contribution in [1.29, 1.82) is 0 Å². The average Bonchev–Trinajstić information content (AvgIpc) is 2.47. The van der Waals surface area contributed by atoms with Gasteiger partial charge in [0.15, 0.2) is 0 Å². The van der Waals surface area contributed by atoms with E-state index in [0.29, 0.717) is 5.92 Å². The molecule has 0 spiro atoms. The third-order valence-corrected chi connectivity index (χ3v) is 2.28. The van der Waals surface area contributed by atoms with Gasteiger partial charge in [-0.2, -0.15) is 0 Å². The van der Waals surface area contributed by atoms with Crippen LogP contribution >= 0.6 is 0 Å². The van der Waals surface area contributed by atoms with E-state index in [0.717, 1.165) is 17.9 Å². The summed E-state index contributed by atoms with van der Waals surface area (Å²) in [6, 6.07) is 5.90. The van der Waals surface area contributed by atoms with Gasteiger partial charge in [0.05, 0.1) is 13.2 Å². The van der Waals surface area contributed by atoms with Gasteiger partial charge in [-0.15, -0.1) is 0 Å². The number of ether oxygens (including phenoxy) is 1. The Labute approximate surface area is 71.8 Å². The van der Waals surface area contributed by atoms with Crippen LogP contribution < -0.4 is 4.74 Å². The second-order valence-electron chi connectivity index (χ2n) is 3.24. The zero-order valence-electron chi connectivity index (χ0n) is 7.08. The van der Waals surface area contributed by atoms with Crippen molar-refractivity contribution in [3.63, 3.8) is 0 Å². The summed E-state index contributed by atoms with van der Waals surface area (Å²) in [5, 5.41) is 8.88. The molecular formula is C10H12O2. The van der Waals surface area contributed by atoms with Gasteiger partial charge < -0.3 is 9.84 Å². The minimum Gasteiger partial charge on any atom is -0.493 e. The maximum atomic E-state index is 8.88. The van der Waals surface area contributed by atoms with Gasteiger partial charge in [0.1, 0.15) is 5.75 Å². The predicted molar refractivity (Wildman–Crippen MR) is 46.3 cm³/mol. The van der Waals surface area contributed by atoms with Gasteiger partial charge in [-0.3, -0.25) is 0 Å². The molecule has 0 amide bonds. The first kappa shape index (κ1) is 7.62. The van der Waals surface area contributed by atoms with Crippen molar-refractivity contribution in [3.8, 4) is 5.75 Å². The number of hydrogen-bond acceptors (Lipinski definition) is 2. The van der Waals surface area contributed by atoms with Crippen LogP contribution in [0.5, 0.6) is 5.75 Å². The summed E-state index contributed by atoms with van der Waals surface area (Å²) in [6.07, 6.45) is 0. The Kier molecular flexibility index (Phi) is 1.77. The highest BCUT2D eigenvalue weighted by molar-refractivity contribution is 5.42. The zero-order chi connectivity index (χ0) is 8.55. The van der Waals surface area contributed by atoms with Crippen molar-refractivity contribution in [2.75, 3.05) is 6.61 Å². The molecule has 0 radical (unpaired) electrons. The van der Waals surface area contributed by atoms with E-state index in [1.807, 2.05) is 18.2 Å². The smallest absolute Gasteiger partial charge is 0.123 e. The zero-order valence-corrected chi connectivity index (χ0v) is 7.08. The average molecular weight is 164 g/mol. The van der Waals surface area contributed by atoms with Gasteiger partial charge in [0.2, 0.25) is 0 Å². The highest BCUT2D eigenvalue weighted by Gasteiger charge is 2.19. The Balaban J connectivity index is 2.41. The molecule has 2 heteroatoms. The van der Waals surface area contributed by atoms with Gasteiger partial charge in [-0.1, -0.05) is 19.1 Å². The normalized spacial score (nSPS) is 20.3. The molecule has 1 heterocycles. The number of fused-ring (bicyclic) bond motifs is 1. The Morgan fingerprint density at radius 3 is 3.17 bits per heavy atom. The molecule has 1 N–H and O–H groups in total. The molecular weight excluding hydrogens is 152 g/mol. The van der Waals surface area contributed by atoms with E-state index in [1.54, 1.807) is 0 Å². The molecule has 0 aliphatic carbocycles. The highest BCUT2D eigenvalue weighted by atomic mass is 16.5. The molecule has 1 aliphatic rings. The minimum atomic E-state index is 0.0883. The van der Waals surface area contributed by atoms with Crippen molar-refractivity contribution >= 4 is 0 Å². The molecule has 0 saturated carbocycles. The summed E-state index contributed by atoms with van der Waals surface area (Å²) in [5.74, 6) is 1.43. The van der Waals surface area contributed by atoms with Crippen molar-refractivity contribution in [1.82, 2.24) is 0 Å². The lowest BCUT2D eigenvalue weighted by Gasteiger charge is -2.01. The molecule has 1 atom stereocenters. The van der Waals surface area contributed by atoms with Crippen molar-refractivity contribution in [2.45, 2.75) is 19.4 Å². The van der Waals surface area contributed by atoms with E-state index in [4.69, 9.17) is 9.84 Å². The Morgan fingerprint density at radius 2 is 2.42 bits per heavy atom. The van der Waals surface area contributed by atoms with Gasteiger partial charge in [-0.25, -0.2) is 0 Å². The molecule has 1 aromatic carbocycles. The van der Waals surface area contributed by atoms with E-state index in [1.165, 1.54) is 5.56 Å². The Bertz CT molecular complexity index is 294. The fourth-order valence-electron chi connectivity index (χ4n) is 1.51. The van der Waals surface area contributed by atoms with Crippen LogP contribution in [0.3, 0.4) is 0 Å². The van der Waals surface area contributed by atoms with Crippen LogP contribution in [0.2, 0.25) is 0 Å². The van der Waals surface area contributed by atoms with Crippen LogP contribution in [-0.4, -0.2) is 11.7 Å². The van der Waals surface area contributed by atoms with E-state index in [-0.39, 0.29) is 6.61 Å². The third kappa shape index (κ3) is 1.08. The maximum Gasteiger partial charge on any atom is 0.123 e. The van der Waals surface area contributed by atoms with Crippen LogP contribution in [0.4, 0.5) is 0 Å². The molecule has 1 aromatic rings. The fraction of sp³-hybridized carbons (Fsp3) is 0.400. The lowest BCUT2D eigenvalue weighted by Crippen LogP contribution is -1.93. The summed E-state index contributed by atoms with van der Waals surface area (Å²) in [4.78, 5) is 0. The first-order valence-electron chi connectivity index (χ1n) is 4.17. The van der Waals surface area contributed by atoms with Gasteiger partial charge in [-0.05, 0) is 11.6 Å². The number of benzene rings is 1. The molecule has 0 saturated heterocycles. The van der Waals surface area contributed by atoms with Crippen LogP contribution in [-0.2, 0) is 6.61 Å². The van der Waals surface area contributed by atoms with E-state index < -0.39 is 0 Å². The van der Waals surface area contributed by atoms with Crippen molar-refractivity contribution in [3.05, 3.63) is 29.3 Å². The molecule has 0 aromatic heterocycles. The fourth-order valence-corrected chi connectivity index (χ4v) is 1.51. The number of aliphatic hydroxyl groups excluding tert-OH is 1. The monoisotopic (exact) mass is 164 g/mol. The molecule has 2 nitrogen and oxygen atoms in total. The lowest BCUT2D eigenvalue weighted by molar-refractivity contribution is 0.280. The van der Waals surface area contributed by atoms with Gasteiger partial charge >= 0.3 is 0 Å². The number of hydrogen-bond donors (Lipinski definition) is 1. The Hall–Kier alpha value is -1.02. The van der Waals surface area contributed by atoms with Crippen LogP contribution in [0.15, 0.2) is 18.2 Å². The highest BCUT2D eigenvalue weighted by Crippen LogP contribution is 2.33. The number of aliphatic hydroxyl groups is 1. The second kappa shape index (κ2) is 2.79. The van der Waals surface area contributed by atoms with E-state index in [9.17, 15) is 0 Å². The standard InChI is InChI=1S/C10H12O2/c1-7-6-12-10-4-8(5-11)2-3-9(7)10/h2-4,7,11H,5-6H2,1H3.